The third-order valence-electron chi connectivity index (χ3n) is 9.46. The summed E-state index contributed by atoms with van der Waals surface area (Å²) >= 11 is 0. The van der Waals surface area contributed by atoms with E-state index in [0.29, 0.717) is 23.2 Å². The van der Waals surface area contributed by atoms with Gasteiger partial charge >= 0.3 is 0 Å². The molecule has 4 aromatic heterocycles. The van der Waals surface area contributed by atoms with E-state index in [1.807, 2.05) is 55.5 Å². The summed E-state index contributed by atoms with van der Waals surface area (Å²) in [5, 5.41) is 12.2. The number of rotatable bonds is 5. The molecule has 5 aromatic carbocycles. The van der Waals surface area contributed by atoms with Crippen LogP contribution >= 0.6 is 0 Å². The summed E-state index contributed by atoms with van der Waals surface area (Å²) in [5.41, 5.74) is 10.0. The fourth-order valence-electron chi connectivity index (χ4n) is 6.88. The zero-order valence-corrected chi connectivity index (χ0v) is 32.8. The van der Waals surface area contributed by atoms with Crippen molar-refractivity contribution in [2.24, 2.45) is 0 Å². The zero-order valence-electron chi connectivity index (χ0n) is 33.4. The number of fused-ring (bicyclic) bond motifs is 6. The Morgan fingerprint density at radius 3 is 2.22 bits per heavy atom. The van der Waals surface area contributed by atoms with Crippen molar-refractivity contribution in [3.63, 3.8) is 0 Å². The smallest absolute Gasteiger partial charge is 0.191 e. The molecule has 9 rings (SSSR count). The van der Waals surface area contributed by atoms with Crippen LogP contribution in [0.4, 0.5) is 4.39 Å². The molecule has 0 saturated heterocycles. The van der Waals surface area contributed by atoms with Crippen LogP contribution in [0.5, 0.6) is 0 Å². The number of imidazole rings is 1. The van der Waals surface area contributed by atoms with Gasteiger partial charge in [0.05, 0.1) is 22.4 Å². The first-order valence-electron chi connectivity index (χ1n) is 19.1. The number of nitrogens with zero attached hydrogens (tertiary/aromatic N) is 5. The fourth-order valence-corrected chi connectivity index (χ4v) is 6.88. The van der Waals surface area contributed by atoms with E-state index in [-0.39, 0.29) is 31.2 Å². The van der Waals surface area contributed by atoms with Gasteiger partial charge in [0.15, 0.2) is 5.65 Å². The van der Waals surface area contributed by atoms with Gasteiger partial charge in [0, 0.05) is 52.7 Å². The molecule has 0 saturated carbocycles. The Labute approximate surface area is 331 Å². The molecule has 0 atom stereocenters. The molecular weight excluding hydrogens is 850 g/mol. The number of benzene rings is 5. The second kappa shape index (κ2) is 15.1. The van der Waals surface area contributed by atoms with Gasteiger partial charge in [0.25, 0.3) is 0 Å². The summed E-state index contributed by atoms with van der Waals surface area (Å²) < 4.78 is 44.2. The third-order valence-corrected chi connectivity index (χ3v) is 9.46. The van der Waals surface area contributed by atoms with E-state index in [2.05, 4.69) is 96.0 Å². The SMILES string of the molecule is CC(C)c1cccc(C(C)C)c1-n1c(-c2[c-]ccc3c2oc2ccccc23)nc2nnc3ccccc3c21.[2H]C([2H])([2H])c1c[c-]c(-c2ccc(C)cn2)c(F)c1.[Ir]. The molecule has 0 spiro atoms. The topological polar surface area (TPSA) is 69.6 Å². The first-order chi connectivity index (χ1) is 26.9. The van der Waals surface area contributed by atoms with Crippen LogP contribution in [0.25, 0.3) is 72.3 Å². The molecule has 8 heteroatoms. The van der Waals surface area contributed by atoms with E-state index in [4.69, 9.17) is 13.5 Å². The number of hydrogen-bond acceptors (Lipinski definition) is 5. The molecule has 0 N–H and O–H groups in total. The largest absolute Gasteiger partial charge is 0.501 e. The normalized spacial score (nSPS) is 12.5. The minimum atomic E-state index is -2.32. The zero-order chi connectivity index (χ0) is 39.3. The second-order valence-electron chi connectivity index (χ2n) is 13.8. The third kappa shape index (κ3) is 6.61. The van der Waals surface area contributed by atoms with Crippen LogP contribution in [0.2, 0.25) is 0 Å². The van der Waals surface area contributed by atoms with Gasteiger partial charge in [-0.25, -0.2) is 0 Å². The van der Waals surface area contributed by atoms with Crippen molar-refractivity contribution in [1.29, 1.82) is 0 Å². The molecule has 0 fully saturated rings. The van der Waals surface area contributed by atoms with Crippen molar-refractivity contribution >= 4 is 44.0 Å². The monoisotopic (exact) mass is 891 g/mol. The predicted octanol–water partition coefficient (Wildman–Crippen LogP) is 11.9. The number of halogens is 1. The predicted molar refractivity (Wildman–Crippen MR) is 212 cm³/mol. The Hall–Kier alpha value is -5.56. The van der Waals surface area contributed by atoms with Crippen molar-refractivity contribution in [2.75, 3.05) is 0 Å². The Kier molecular flexibility index (Phi) is 9.21. The summed E-state index contributed by atoms with van der Waals surface area (Å²) in [7, 11) is 0. The maximum Gasteiger partial charge on any atom is 0.191 e. The maximum absolute atomic E-state index is 13.8. The van der Waals surface area contributed by atoms with Gasteiger partial charge < -0.3 is 14.0 Å². The molecule has 0 aliphatic carbocycles. The molecule has 0 bridgehead atoms. The Morgan fingerprint density at radius 2 is 1.52 bits per heavy atom. The van der Waals surface area contributed by atoms with Crippen molar-refractivity contribution < 1.29 is 33.0 Å². The molecule has 0 aliphatic heterocycles. The number of furan rings is 1. The van der Waals surface area contributed by atoms with Gasteiger partial charge in [0.1, 0.15) is 5.58 Å². The Bertz CT molecular complexity index is 2870. The van der Waals surface area contributed by atoms with Crippen molar-refractivity contribution in [3.8, 4) is 28.3 Å². The van der Waals surface area contributed by atoms with Crippen molar-refractivity contribution in [3.05, 3.63) is 150 Å². The standard InChI is InChI=1S/C33H27N4O.C13H11FN.Ir/c1-19(2)21-13-9-14-22(20(3)4)29(21)37-30-25-12-5-7-17-27(25)35-36-32(30)34-33(37)26-16-10-15-24-23-11-6-8-18-28(23)38-31(24)26;1-9-3-5-11(12(14)7-9)13-6-4-10(2)8-15-13;/h5-15,17-20H,1-4H3;3-4,6-8H,1-2H3;/q2*-1;/i;1D3;. The van der Waals surface area contributed by atoms with Gasteiger partial charge in [-0.05, 0) is 53.3 Å². The summed E-state index contributed by atoms with van der Waals surface area (Å²) in [6, 6.07) is 38.9. The van der Waals surface area contributed by atoms with Crippen LogP contribution in [-0.2, 0) is 20.1 Å². The molecule has 271 valence electrons. The average molecular weight is 891 g/mol. The van der Waals surface area contributed by atoms with Crippen LogP contribution in [0.1, 0.15) is 65.9 Å². The van der Waals surface area contributed by atoms with Crippen LogP contribution < -0.4 is 0 Å². The number of aryl methyl sites for hydroxylation is 2. The average Bonchev–Trinajstić information content (AvgIpc) is 3.77. The molecule has 4 heterocycles. The summed E-state index contributed by atoms with van der Waals surface area (Å²) in [5.74, 6) is 0.743. The molecule has 0 aliphatic rings. The van der Waals surface area contributed by atoms with Crippen LogP contribution in [0.15, 0.2) is 114 Å². The molecular formula is C46H38FIrN5O-2. The van der Waals surface area contributed by atoms with Crippen molar-refractivity contribution in [2.45, 2.75) is 53.3 Å². The first-order valence-corrected chi connectivity index (χ1v) is 17.6. The van der Waals surface area contributed by atoms with Crippen molar-refractivity contribution in [1.82, 2.24) is 24.7 Å². The number of pyridine rings is 1. The Morgan fingerprint density at radius 1 is 0.778 bits per heavy atom. The summed E-state index contributed by atoms with van der Waals surface area (Å²) in [6.45, 7) is 8.53. The van der Waals surface area contributed by atoms with Crippen LogP contribution in [0.3, 0.4) is 0 Å². The Balaban J connectivity index is 0.000000221. The van der Waals surface area contributed by atoms with Crippen LogP contribution in [-0.4, -0.2) is 24.7 Å². The molecule has 9 aromatic rings. The van der Waals surface area contributed by atoms with E-state index >= 15 is 0 Å². The minimum absolute atomic E-state index is 0. The van der Waals surface area contributed by atoms with Gasteiger partial charge in [0.2, 0.25) is 0 Å². The van der Waals surface area contributed by atoms with Gasteiger partial charge in [-0.1, -0.05) is 118 Å². The molecule has 6 nitrogen and oxygen atoms in total. The van der Waals surface area contributed by atoms with E-state index in [1.54, 1.807) is 12.3 Å². The van der Waals surface area contributed by atoms with Gasteiger partial charge in [-0.15, -0.1) is 52.2 Å². The van der Waals surface area contributed by atoms with E-state index in [9.17, 15) is 4.39 Å². The quantitative estimate of drug-likeness (QED) is 0.161. The number of hydrogen-bond donors (Lipinski definition) is 0. The number of para-hydroxylation sites is 2. The first kappa shape index (κ1) is 33.0. The van der Waals surface area contributed by atoms with Gasteiger partial charge in [-0.3, -0.25) is 9.37 Å². The fraction of sp³-hybridized carbons (Fsp3) is 0.174. The summed E-state index contributed by atoms with van der Waals surface area (Å²) in [6.07, 6.45) is 1.63. The van der Waals surface area contributed by atoms with Crippen LogP contribution in [0, 0.1) is 31.7 Å². The minimum Gasteiger partial charge on any atom is -0.501 e. The molecule has 0 unspecified atom stereocenters. The van der Waals surface area contributed by atoms with Gasteiger partial charge in [-0.2, -0.15) is 0 Å². The maximum atomic E-state index is 13.8. The number of aromatic nitrogens is 5. The molecule has 0 amide bonds. The van der Waals surface area contributed by atoms with E-state index in [0.717, 1.165) is 67.1 Å². The molecule has 1 radical (unpaired) electrons. The molecule has 54 heavy (non-hydrogen) atoms. The van der Waals surface area contributed by atoms with E-state index < -0.39 is 12.7 Å². The second-order valence-corrected chi connectivity index (χ2v) is 13.8. The summed E-state index contributed by atoms with van der Waals surface area (Å²) in [4.78, 5) is 9.22. The van der Waals surface area contributed by atoms with E-state index in [1.165, 1.54) is 17.2 Å².